The van der Waals surface area contributed by atoms with Gasteiger partial charge in [0, 0.05) is 11.0 Å². The first-order valence-corrected chi connectivity index (χ1v) is 8.90. The highest BCUT2D eigenvalue weighted by atomic mass is 16.3. The number of allylic oxidation sites excluding steroid dienone is 2. The molecule has 4 rings (SSSR count). The summed E-state index contributed by atoms with van der Waals surface area (Å²) in [4.78, 5) is 0. The minimum absolute atomic E-state index is 0.0324. The SMILES string of the molecule is C[C@]12CC[C@@H]3CC4CC(O)CC[C@H]4C[C@H]3[C@@H]1CC=C2C#N. The Balaban J connectivity index is 1.56. The van der Waals surface area contributed by atoms with Crippen molar-refractivity contribution in [2.45, 2.75) is 64.4 Å². The summed E-state index contributed by atoms with van der Waals surface area (Å²) in [6, 6.07) is 2.49. The van der Waals surface area contributed by atoms with E-state index in [0.717, 1.165) is 54.4 Å². The van der Waals surface area contributed by atoms with E-state index in [2.05, 4.69) is 19.1 Å². The van der Waals surface area contributed by atoms with Gasteiger partial charge in [-0.15, -0.1) is 0 Å². The van der Waals surface area contributed by atoms with E-state index in [4.69, 9.17) is 0 Å². The van der Waals surface area contributed by atoms with Crippen LogP contribution in [0.15, 0.2) is 11.6 Å². The third-order valence-corrected chi connectivity index (χ3v) is 7.58. The Morgan fingerprint density at radius 2 is 2.00 bits per heavy atom. The van der Waals surface area contributed by atoms with Gasteiger partial charge >= 0.3 is 0 Å². The van der Waals surface area contributed by atoms with E-state index < -0.39 is 0 Å². The molecule has 0 aromatic heterocycles. The van der Waals surface area contributed by atoms with Crippen LogP contribution >= 0.6 is 0 Å². The summed E-state index contributed by atoms with van der Waals surface area (Å²) in [5, 5.41) is 19.4. The fourth-order valence-corrected chi connectivity index (χ4v) is 6.40. The zero-order valence-corrected chi connectivity index (χ0v) is 13.1. The van der Waals surface area contributed by atoms with Gasteiger partial charge in [-0.05, 0) is 81.0 Å². The van der Waals surface area contributed by atoms with Gasteiger partial charge in [0.2, 0.25) is 0 Å². The monoisotopic (exact) mass is 285 g/mol. The molecule has 114 valence electrons. The summed E-state index contributed by atoms with van der Waals surface area (Å²) in [6.45, 7) is 2.35. The Hall–Kier alpha value is -0.810. The molecule has 0 radical (unpaired) electrons. The standard InChI is InChI=1S/C19H27NO/c1-19-7-6-13-8-14-9-16(21)4-2-12(14)10-17(13)18(19)5-3-15(19)11-20/h3,12-14,16-18,21H,2,4-10H2,1H3/t12-,13+,14?,16?,17+,18-,19+/m0/s1. The van der Waals surface area contributed by atoms with E-state index >= 15 is 0 Å². The minimum atomic E-state index is -0.0324. The van der Waals surface area contributed by atoms with Gasteiger partial charge in [-0.2, -0.15) is 5.26 Å². The summed E-state index contributed by atoms with van der Waals surface area (Å²) in [5.74, 6) is 4.05. The number of hydrogen-bond acceptors (Lipinski definition) is 2. The maximum absolute atomic E-state index is 9.96. The minimum Gasteiger partial charge on any atom is -0.393 e. The van der Waals surface area contributed by atoms with Gasteiger partial charge in [0.1, 0.15) is 0 Å². The molecular formula is C19H27NO. The van der Waals surface area contributed by atoms with Crippen molar-refractivity contribution in [3.63, 3.8) is 0 Å². The van der Waals surface area contributed by atoms with Gasteiger partial charge in [0.25, 0.3) is 0 Å². The number of fused-ring (bicyclic) bond motifs is 4. The van der Waals surface area contributed by atoms with Crippen LogP contribution in [-0.2, 0) is 0 Å². The Morgan fingerprint density at radius 3 is 2.81 bits per heavy atom. The van der Waals surface area contributed by atoms with Crippen LogP contribution in [0.4, 0.5) is 0 Å². The maximum atomic E-state index is 9.96. The maximum Gasteiger partial charge on any atom is 0.0949 e. The summed E-state index contributed by atoms with van der Waals surface area (Å²) >= 11 is 0. The number of hydrogen-bond donors (Lipinski definition) is 1. The van der Waals surface area contributed by atoms with Crippen LogP contribution in [-0.4, -0.2) is 11.2 Å². The van der Waals surface area contributed by atoms with Gasteiger partial charge in [0.15, 0.2) is 0 Å². The second-order valence-corrected chi connectivity index (χ2v) is 8.41. The van der Waals surface area contributed by atoms with Crippen LogP contribution in [0.5, 0.6) is 0 Å². The van der Waals surface area contributed by atoms with Crippen molar-refractivity contribution in [3.8, 4) is 6.07 Å². The molecule has 0 aromatic carbocycles. The molecule has 1 N–H and O–H groups in total. The first kappa shape index (κ1) is 13.8. The zero-order chi connectivity index (χ0) is 14.6. The average Bonchev–Trinajstić information content (AvgIpc) is 2.82. The predicted octanol–water partition coefficient (Wildman–Crippen LogP) is 4.06. The van der Waals surface area contributed by atoms with Crippen molar-refractivity contribution >= 4 is 0 Å². The van der Waals surface area contributed by atoms with Crippen molar-refractivity contribution in [2.75, 3.05) is 0 Å². The van der Waals surface area contributed by atoms with Crippen LogP contribution in [0, 0.1) is 46.3 Å². The quantitative estimate of drug-likeness (QED) is 0.729. The number of rotatable bonds is 0. The van der Waals surface area contributed by atoms with E-state index in [9.17, 15) is 10.4 Å². The third kappa shape index (κ3) is 2.00. The molecule has 3 saturated carbocycles. The average molecular weight is 285 g/mol. The molecule has 4 aliphatic carbocycles. The van der Waals surface area contributed by atoms with E-state index in [1.54, 1.807) is 0 Å². The molecule has 7 atom stereocenters. The lowest BCUT2D eigenvalue weighted by Gasteiger charge is -2.53. The molecule has 3 fully saturated rings. The van der Waals surface area contributed by atoms with Crippen LogP contribution in [0.1, 0.15) is 58.3 Å². The summed E-state index contributed by atoms with van der Waals surface area (Å²) in [6.07, 6.45) is 11.9. The summed E-state index contributed by atoms with van der Waals surface area (Å²) in [7, 11) is 0. The van der Waals surface area contributed by atoms with Gasteiger partial charge < -0.3 is 5.11 Å². The summed E-state index contributed by atoms with van der Waals surface area (Å²) in [5.41, 5.74) is 1.25. The molecule has 2 heteroatoms. The van der Waals surface area contributed by atoms with Crippen LogP contribution in [0.3, 0.4) is 0 Å². The van der Waals surface area contributed by atoms with Crippen LogP contribution in [0.2, 0.25) is 0 Å². The molecule has 0 bridgehead atoms. The number of nitriles is 1. The van der Waals surface area contributed by atoms with Crippen molar-refractivity contribution in [2.24, 2.45) is 35.0 Å². The Morgan fingerprint density at radius 1 is 1.14 bits per heavy atom. The Bertz CT molecular complexity index is 504. The number of nitrogens with zero attached hydrogens (tertiary/aromatic N) is 1. The Labute approximate surface area is 128 Å². The molecule has 0 aliphatic heterocycles. The van der Waals surface area contributed by atoms with Crippen molar-refractivity contribution < 1.29 is 5.11 Å². The fourth-order valence-electron chi connectivity index (χ4n) is 6.40. The topological polar surface area (TPSA) is 44.0 Å². The van der Waals surface area contributed by atoms with E-state index in [-0.39, 0.29) is 11.5 Å². The van der Waals surface area contributed by atoms with Crippen molar-refractivity contribution in [1.82, 2.24) is 0 Å². The highest BCUT2D eigenvalue weighted by Crippen LogP contribution is 2.61. The second-order valence-electron chi connectivity index (χ2n) is 8.41. The molecule has 2 nitrogen and oxygen atoms in total. The van der Waals surface area contributed by atoms with Gasteiger partial charge in [-0.25, -0.2) is 0 Å². The molecule has 0 saturated heterocycles. The molecule has 0 amide bonds. The molecule has 0 heterocycles. The van der Waals surface area contributed by atoms with Crippen LogP contribution in [0.25, 0.3) is 0 Å². The molecule has 21 heavy (non-hydrogen) atoms. The molecule has 0 spiro atoms. The van der Waals surface area contributed by atoms with E-state index in [1.165, 1.54) is 32.1 Å². The number of aliphatic hydroxyl groups excluding tert-OH is 1. The fraction of sp³-hybridized carbons (Fsp3) is 0.842. The largest absolute Gasteiger partial charge is 0.393 e. The first-order chi connectivity index (χ1) is 10.1. The van der Waals surface area contributed by atoms with E-state index in [0.29, 0.717) is 0 Å². The van der Waals surface area contributed by atoms with E-state index in [1.807, 2.05) is 0 Å². The smallest absolute Gasteiger partial charge is 0.0949 e. The van der Waals surface area contributed by atoms with Gasteiger partial charge in [0.05, 0.1) is 12.2 Å². The second kappa shape index (κ2) is 4.85. The molecule has 2 unspecified atom stereocenters. The van der Waals surface area contributed by atoms with Crippen LogP contribution < -0.4 is 0 Å². The van der Waals surface area contributed by atoms with Crippen molar-refractivity contribution in [3.05, 3.63) is 11.6 Å². The lowest BCUT2D eigenvalue weighted by Crippen LogP contribution is -2.46. The zero-order valence-electron chi connectivity index (χ0n) is 13.1. The lowest BCUT2D eigenvalue weighted by atomic mass is 9.51. The normalized spacial score (nSPS) is 52.1. The lowest BCUT2D eigenvalue weighted by molar-refractivity contribution is -0.0451. The van der Waals surface area contributed by atoms with Crippen molar-refractivity contribution in [1.29, 1.82) is 5.26 Å². The summed E-state index contributed by atoms with van der Waals surface area (Å²) < 4.78 is 0. The molecule has 4 aliphatic rings. The van der Waals surface area contributed by atoms with Gasteiger partial charge in [-0.3, -0.25) is 0 Å². The number of aliphatic hydroxyl groups is 1. The predicted molar refractivity (Wildman–Crippen MR) is 82.2 cm³/mol. The molecular weight excluding hydrogens is 258 g/mol. The van der Waals surface area contributed by atoms with Gasteiger partial charge in [-0.1, -0.05) is 13.0 Å². The third-order valence-electron chi connectivity index (χ3n) is 7.58. The highest BCUT2D eigenvalue weighted by molar-refractivity contribution is 5.35. The first-order valence-electron chi connectivity index (χ1n) is 8.90. The molecule has 0 aromatic rings. The highest BCUT2D eigenvalue weighted by Gasteiger charge is 2.53. The Kier molecular flexibility index (Phi) is 3.19.